The average molecular weight is 222 g/mol. The minimum atomic E-state index is -0.121. The summed E-state index contributed by atoms with van der Waals surface area (Å²) in [4.78, 5) is 11.3. The monoisotopic (exact) mass is 222 g/mol. The summed E-state index contributed by atoms with van der Waals surface area (Å²) in [6, 6.07) is 5.51. The number of rotatable bonds is 5. The van der Waals surface area contributed by atoms with Crippen LogP contribution in [0.3, 0.4) is 0 Å². The molecule has 0 aliphatic carbocycles. The maximum Gasteiger partial charge on any atom is 0.257 e. The first kappa shape index (κ1) is 12.4. The van der Waals surface area contributed by atoms with Crippen molar-refractivity contribution in [2.75, 3.05) is 18.9 Å². The summed E-state index contributed by atoms with van der Waals surface area (Å²) < 4.78 is 5.39. The van der Waals surface area contributed by atoms with Crippen molar-refractivity contribution in [2.24, 2.45) is 0 Å². The third-order valence-electron chi connectivity index (χ3n) is 2.16. The molecule has 0 heterocycles. The minimum absolute atomic E-state index is 0.00898. The molecule has 0 saturated carbocycles. The fourth-order valence-electron chi connectivity index (χ4n) is 1.33. The molecule has 0 bridgehead atoms. The quantitative estimate of drug-likeness (QED) is 0.742. The first-order chi connectivity index (χ1) is 7.65. The van der Waals surface area contributed by atoms with Gasteiger partial charge in [-0.05, 0) is 25.0 Å². The molecule has 0 aliphatic heterocycles. The summed E-state index contributed by atoms with van der Waals surface area (Å²) in [6.07, 6.45) is 0.915. The van der Waals surface area contributed by atoms with E-state index in [1.165, 1.54) is 0 Å². The molecule has 1 aromatic carbocycles. The highest BCUT2D eigenvalue weighted by molar-refractivity contribution is 5.77. The SMILES string of the molecule is CCCNC(=O)COc1c(C)cccc1N. The Kier molecular flexibility index (Phi) is 4.64. The van der Waals surface area contributed by atoms with Crippen LogP contribution in [0.1, 0.15) is 18.9 Å². The van der Waals surface area contributed by atoms with Crippen molar-refractivity contribution in [1.82, 2.24) is 5.32 Å². The van der Waals surface area contributed by atoms with E-state index in [-0.39, 0.29) is 12.5 Å². The van der Waals surface area contributed by atoms with Crippen LogP contribution >= 0.6 is 0 Å². The zero-order valence-electron chi connectivity index (χ0n) is 9.75. The van der Waals surface area contributed by atoms with Gasteiger partial charge in [-0.2, -0.15) is 0 Å². The molecule has 1 amide bonds. The highest BCUT2D eigenvalue weighted by Gasteiger charge is 2.06. The van der Waals surface area contributed by atoms with Gasteiger partial charge in [-0.15, -0.1) is 0 Å². The summed E-state index contributed by atoms with van der Waals surface area (Å²) in [5.41, 5.74) is 7.24. The van der Waals surface area contributed by atoms with E-state index >= 15 is 0 Å². The second kappa shape index (κ2) is 6.00. The van der Waals surface area contributed by atoms with E-state index in [2.05, 4.69) is 5.32 Å². The molecule has 0 aliphatic rings. The van der Waals surface area contributed by atoms with Gasteiger partial charge in [0.25, 0.3) is 5.91 Å². The Hall–Kier alpha value is -1.71. The Morgan fingerprint density at radius 2 is 2.25 bits per heavy atom. The highest BCUT2D eigenvalue weighted by atomic mass is 16.5. The molecular formula is C12H18N2O2. The second-order valence-electron chi connectivity index (χ2n) is 3.63. The first-order valence-corrected chi connectivity index (χ1v) is 5.39. The Morgan fingerprint density at radius 1 is 1.50 bits per heavy atom. The predicted molar refractivity (Wildman–Crippen MR) is 64.4 cm³/mol. The molecule has 0 radical (unpaired) electrons. The number of anilines is 1. The largest absolute Gasteiger partial charge is 0.481 e. The number of amides is 1. The number of hydrogen-bond donors (Lipinski definition) is 2. The van der Waals surface area contributed by atoms with Crippen molar-refractivity contribution in [1.29, 1.82) is 0 Å². The van der Waals surface area contributed by atoms with Gasteiger partial charge in [-0.1, -0.05) is 19.1 Å². The summed E-state index contributed by atoms with van der Waals surface area (Å²) in [7, 11) is 0. The topological polar surface area (TPSA) is 64.3 Å². The standard InChI is InChI=1S/C12H18N2O2/c1-3-7-14-11(15)8-16-12-9(2)5-4-6-10(12)13/h4-6H,3,7-8,13H2,1-2H3,(H,14,15). The van der Waals surface area contributed by atoms with E-state index in [4.69, 9.17) is 10.5 Å². The maximum atomic E-state index is 11.3. The number of para-hydroxylation sites is 1. The fraction of sp³-hybridized carbons (Fsp3) is 0.417. The van der Waals surface area contributed by atoms with Gasteiger partial charge in [0, 0.05) is 6.54 Å². The van der Waals surface area contributed by atoms with Crippen molar-refractivity contribution < 1.29 is 9.53 Å². The number of aryl methyl sites for hydroxylation is 1. The van der Waals surface area contributed by atoms with Crippen molar-refractivity contribution in [3.8, 4) is 5.75 Å². The lowest BCUT2D eigenvalue weighted by Crippen LogP contribution is -2.29. The number of nitrogens with one attached hydrogen (secondary N) is 1. The van der Waals surface area contributed by atoms with E-state index in [9.17, 15) is 4.79 Å². The van der Waals surface area contributed by atoms with Crippen LogP contribution in [-0.4, -0.2) is 19.1 Å². The van der Waals surface area contributed by atoms with E-state index in [1.807, 2.05) is 26.0 Å². The third-order valence-corrected chi connectivity index (χ3v) is 2.16. The molecule has 0 atom stereocenters. The number of carbonyl (C=O) groups is 1. The van der Waals surface area contributed by atoms with Crippen molar-refractivity contribution in [3.63, 3.8) is 0 Å². The smallest absolute Gasteiger partial charge is 0.257 e. The lowest BCUT2D eigenvalue weighted by atomic mass is 10.2. The molecule has 0 fully saturated rings. The number of benzene rings is 1. The highest BCUT2D eigenvalue weighted by Crippen LogP contribution is 2.24. The molecule has 1 rings (SSSR count). The lowest BCUT2D eigenvalue weighted by molar-refractivity contribution is -0.123. The summed E-state index contributed by atoms with van der Waals surface area (Å²) in [5, 5.41) is 2.74. The van der Waals surface area contributed by atoms with E-state index < -0.39 is 0 Å². The van der Waals surface area contributed by atoms with Crippen LogP contribution in [0.2, 0.25) is 0 Å². The zero-order valence-corrected chi connectivity index (χ0v) is 9.75. The predicted octanol–water partition coefficient (Wildman–Crippen LogP) is 1.48. The van der Waals surface area contributed by atoms with Crippen molar-refractivity contribution in [2.45, 2.75) is 20.3 Å². The summed E-state index contributed by atoms with van der Waals surface area (Å²) in [5.74, 6) is 0.471. The Balaban J connectivity index is 2.51. The molecule has 16 heavy (non-hydrogen) atoms. The van der Waals surface area contributed by atoms with E-state index in [0.29, 0.717) is 18.0 Å². The molecular weight excluding hydrogens is 204 g/mol. The molecule has 3 N–H and O–H groups in total. The van der Waals surface area contributed by atoms with E-state index in [1.54, 1.807) is 6.07 Å². The fourth-order valence-corrected chi connectivity index (χ4v) is 1.33. The number of hydrogen-bond acceptors (Lipinski definition) is 3. The van der Waals surface area contributed by atoms with Crippen molar-refractivity contribution in [3.05, 3.63) is 23.8 Å². The van der Waals surface area contributed by atoms with Crippen LogP contribution in [0.4, 0.5) is 5.69 Å². The minimum Gasteiger partial charge on any atom is -0.481 e. The molecule has 0 unspecified atom stereocenters. The van der Waals surface area contributed by atoms with Crippen molar-refractivity contribution >= 4 is 11.6 Å². The van der Waals surface area contributed by atoms with Gasteiger partial charge in [0.1, 0.15) is 5.75 Å². The molecule has 4 nitrogen and oxygen atoms in total. The van der Waals surface area contributed by atoms with Crippen LogP contribution < -0.4 is 15.8 Å². The molecule has 1 aromatic rings. The molecule has 0 aromatic heterocycles. The molecule has 0 saturated heterocycles. The second-order valence-corrected chi connectivity index (χ2v) is 3.63. The van der Waals surface area contributed by atoms with Gasteiger partial charge in [0.15, 0.2) is 6.61 Å². The number of nitrogens with two attached hydrogens (primary N) is 1. The number of carbonyl (C=O) groups excluding carboxylic acids is 1. The molecule has 88 valence electrons. The normalized spacial score (nSPS) is 9.88. The Bertz CT molecular complexity index is 344. The van der Waals surface area contributed by atoms with Crippen LogP contribution in [-0.2, 0) is 4.79 Å². The van der Waals surface area contributed by atoms with Crippen LogP contribution in [0.5, 0.6) is 5.75 Å². The maximum absolute atomic E-state index is 11.3. The van der Waals surface area contributed by atoms with Gasteiger partial charge in [-0.25, -0.2) is 0 Å². The third kappa shape index (κ3) is 3.46. The Labute approximate surface area is 95.8 Å². The van der Waals surface area contributed by atoms with Gasteiger partial charge in [0.05, 0.1) is 5.69 Å². The Morgan fingerprint density at radius 3 is 2.88 bits per heavy atom. The van der Waals surface area contributed by atoms with Gasteiger partial charge in [-0.3, -0.25) is 4.79 Å². The summed E-state index contributed by atoms with van der Waals surface area (Å²) >= 11 is 0. The van der Waals surface area contributed by atoms with Crippen LogP contribution in [0.25, 0.3) is 0 Å². The lowest BCUT2D eigenvalue weighted by Gasteiger charge is -2.11. The number of nitrogen functional groups attached to an aromatic ring is 1. The van der Waals surface area contributed by atoms with Crippen LogP contribution in [0, 0.1) is 6.92 Å². The zero-order chi connectivity index (χ0) is 12.0. The average Bonchev–Trinajstić information content (AvgIpc) is 2.25. The van der Waals surface area contributed by atoms with E-state index in [0.717, 1.165) is 12.0 Å². The molecule has 4 heteroatoms. The summed E-state index contributed by atoms with van der Waals surface area (Å²) in [6.45, 7) is 4.58. The van der Waals surface area contributed by atoms with Gasteiger partial charge >= 0.3 is 0 Å². The van der Waals surface area contributed by atoms with Gasteiger partial charge in [0.2, 0.25) is 0 Å². The van der Waals surface area contributed by atoms with Crippen LogP contribution in [0.15, 0.2) is 18.2 Å². The van der Waals surface area contributed by atoms with Gasteiger partial charge < -0.3 is 15.8 Å². The number of ether oxygens (including phenoxy) is 1. The molecule has 0 spiro atoms. The first-order valence-electron chi connectivity index (χ1n) is 5.39.